The summed E-state index contributed by atoms with van der Waals surface area (Å²) < 4.78 is 57.8. The molecule has 0 fully saturated rings. The lowest BCUT2D eigenvalue weighted by Crippen LogP contribution is -2.36. The highest BCUT2D eigenvalue weighted by Crippen LogP contribution is 2.23. The highest BCUT2D eigenvalue weighted by Gasteiger charge is 2.41. The van der Waals surface area contributed by atoms with Crippen molar-refractivity contribution in [3.8, 4) is 0 Å². The van der Waals surface area contributed by atoms with Gasteiger partial charge in [0.15, 0.2) is 0 Å². The normalized spacial score (nSPS) is 18.5. The molecular formula is C9H13F4NO2. The number of ether oxygens (including phenoxy) is 2. The van der Waals surface area contributed by atoms with E-state index in [1.165, 1.54) is 0 Å². The van der Waals surface area contributed by atoms with Crippen molar-refractivity contribution in [2.75, 3.05) is 19.8 Å². The average molecular weight is 243 g/mol. The molecule has 94 valence electrons. The first kappa shape index (κ1) is 13.2. The monoisotopic (exact) mass is 243 g/mol. The maximum absolute atomic E-state index is 12.4. The predicted octanol–water partition coefficient (Wildman–Crippen LogP) is 1.53. The summed E-state index contributed by atoms with van der Waals surface area (Å²) >= 11 is 0. The fraction of sp³-hybridized carbons (Fsp3) is 0.778. The van der Waals surface area contributed by atoms with Crippen LogP contribution in [0.4, 0.5) is 17.6 Å². The lowest BCUT2D eigenvalue weighted by molar-refractivity contribution is -0.166. The van der Waals surface area contributed by atoms with Gasteiger partial charge in [-0.25, -0.2) is 8.78 Å². The minimum atomic E-state index is -4.13. The molecule has 0 aromatic carbocycles. The fourth-order valence-corrected chi connectivity index (χ4v) is 1.16. The van der Waals surface area contributed by atoms with Crippen LogP contribution in [-0.4, -0.2) is 38.2 Å². The predicted molar refractivity (Wildman–Crippen MR) is 48.4 cm³/mol. The molecule has 0 bridgehead atoms. The van der Waals surface area contributed by atoms with Crippen LogP contribution in [-0.2, 0) is 9.47 Å². The van der Waals surface area contributed by atoms with Crippen molar-refractivity contribution >= 4 is 0 Å². The van der Waals surface area contributed by atoms with Gasteiger partial charge >= 0.3 is 12.3 Å². The molecule has 1 heterocycles. The summed E-state index contributed by atoms with van der Waals surface area (Å²) in [6, 6.07) is -0.684. The second-order valence-corrected chi connectivity index (χ2v) is 3.43. The summed E-state index contributed by atoms with van der Waals surface area (Å²) in [5.41, 5.74) is 5.53. The van der Waals surface area contributed by atoms with E-state index in [1.807, 2.05) is 0 Å². The Balaban J connectivity index is 2.25. The highest BCUT2D eigenvalue weighted by molar-refractivity contribution is 5.05. The lowest BCUT2D eigenvalue weighted by atomic mass is 10.2. The minimum absolute atomic E-state index is 0.270. The SMILES string of the molecule is NC(COCC(F)(F)C(F)F)C1=CCCO1. The van der Waals surface area contributed by atoms with E-state index in [-0.39, 0.29) is 6.61 Å². The quantitative estimate of drug-likeness (QED) is 0.719. The second-order valence-electron chi connectivity index (χ2n) is 3.43. The van der Waals surface area contributed by atoms with E-state index in [9.17, 15) is 17.6 Å². The summed E-state index contributed by atoms with van der Waals surface area (Å²) in [4.78, 5) is 0. The third-order valence-electron chi connectivity index (χ3n) is 2.01. The second kappa shape index (κ2) is 5.49. The molecule has 1 unspecified atom stereocenters. The Morgan fingerprint density at radius 3 is 2.69 bits per heavy atom. The van der Waals surface area contributed by atoms with Crippen LogP contribution >= 0.6 is 0 Å². The molecule has 1 atom stereocenters. The van der Waals surface area contributed by atoms with Crippen LogP contribution in [0.2, 0.25) is 0 Å². The van der Waals surface area contributed by atoms with Crippen LogP contribution in [0.1, 0.15) is 6.42 Å². The van der Waals surface area contributed by atoms with Gasteiger partial charge in [0, 0.05) is 6.42 Å². The minimum Gasteiger partial charge on any atom is -0.496 e. The molecule has 0 aromatic heterocycles. The van der Waals surface area contributed by atoms with Crippen molar-refractivity contribution in [1.82, 2.24) is 0 Å². The van der Waals surface area contributed by atoms with Gasteiger partial charge in [-0.1, -0.05) is 0 Å². The number of hydrogen-bond acceptors (Lipinski definition) is 3. The molecule has 0 aliphatic carbocycles. The molecule has 1 aliphatic rings. The fourth-order valence-electron chi connectivity index (χ4n) is 1.16. The van der Waals surface area contributed by atoms with Crippen LogP contribution in [0.25, 0.3) is 0 Å². The summed E-state index contributed by atoms with van der Waals surface area (Å²) in [6.07, 6.45) is -1.30. The van der Waals surface area contributed by atoms with Gasteiger partial charge in [0.05, 0.1) is 19.3 Å². The van der Waals surface area contributed by atoms with E-state index in [0.717, 1.165) is 0 Å². The standard InChI is InChI=1S/C9H13F4NO2/c10-8(11)9(12,13)5-15-4-6(14)7-2-1-3-16-7/h2,6,8H,1,3-5,14H2. The van der Waals surface area contributed by atoms with Crippen molar-refractivity contribution in [2.45, 2.75) is 24.8 Å². The van der Waals surface area contributed by atoms with Crippen LogP contribution in [0.15, 0.2) is 11.8 Å². The lowest BCUT2D eigenvalue weighted by Gasteiger charge is -2.18. The highest BCUT2D eigenvalue weighted by atomic mass is 19.3. The Morgan fingerprint density at radius 2 is 2.19 bits per heavy atom. The first-order chi connectivity index (χ1) is 7.43. The molecule has 1 aliphatic heterocycles. The van der Waals surface area contributed by atoms with Gasteiger partial charge in [0.25, 0.3) is 0 Å². The van der Waals surface area contributed by atoms with Crippen molar-refractivity contribution in [3.63, 3.8) is 0 Å². The average Bonchev–Trinajstić information content (AvgIpc) is 2.69. The van der Waals surface area contributed by atoms with Crippen LogP contribution in [0.3, 0.4) is 0 Å². The summed E-state index contributed by atoms with van der Waals surface area (Å²) in [5.74, 6) is -3.68. The first-order valence-corrected chi connectivity index (χ1v) is 4.75. The Labute approximate surface area is 90.2 Å². The maximum Gasteiger partial charge on any atom is 0.330 e. The van der Waals surface area contributed by atoms with Gasteiger partial charge < -0.3 is 15.2 Å². The molecular weight excluding hydrogens is 230 g/mol. The van der Waals surface area contributed by atoms with Crippen LogP contribution < -0.4 is 5.73 Å². The molecule has 0 spiro atoms. The van der Waals surface area contributed by atoms with E-state index in [4.69, 9.17) is 10.5 Å². The molecule has 1 rings (SSSR count). The van der Waals surface area contributed by atoms with Crippen molar-refractivity contribution < 1.29 is 27.0 Å². The van der Waals surface area contributed by atoms with Gasteiger partial charge in [-0.15, -0.1) is 0 Å². The van der Waals surface area contributed by atoms with Gasteiger partial charge in [0.2, 0.25) is 0 Å². The third kappa shape index (κ3) is 3.64. The zero-order chi connectivity index (χ0) is 12.2. The Kier molecular flexibility index (Phi) is 4.55. The van der Waals surface area contributed by atoms with Crippen molar-refractivity contribution in [2.24, 2.45) is 5.73 Å². The topological polar surface area (TPSA) is 44.5 Å². The summed E-state index contributed by atoms with van der Waals surface area (Å²) in [7, 11) is 0. The number of halogens is 4. The molecule has 16 heavy (non-hydrogen) atoms. The largest absolute Gasteiger partial charge is 0.496 e. The zero-order valence-corrected chi connectivity index (χ0v) is 8.47. The molecule has 3 nitrogen and oxygen atoms in total. The van der Waals surface area contributed by atoms with Crippen molar-refractivity contribution in [1.29, 1.82) is 0 Å². The van der Waals surface area contributed by atoms with Crippen LogP contribution in [0.5, 0.6) is 0 Å². The zero-order valence-electron chi connectivity index (χ0n) is 8.47. The maximum atomic E-state index is 12.4. The molecule has 0 saturated carbocycles. The Bertz CT molecular complexity index is 258. The number of alkyl halides is 4. The van der Waals surface area contributed by atoms with E-state index >= 15 is 0 Å². The first-order valence-electron chi connectivity index (χ1n) is 4.75. The molecule has 7 heteroatoms. The van der Waals surface area contributed by atoms with Gasteiger partial charge in [0.1, 0.15) is 12.4 Å². The van der Waals surface area contributed by atoms with Gasteiger partial charge in [-0.05, 0) is 6.08 Å². The van der Waals surface area contributed by atoms with E-state index in [1.54, 1.807) is 6.08 Å². The smallest absolute Gasteiger partial charge is 0.330 e. The Morgan fingerprint density at radius 1 is 1.50 bits per heavy atom. The third-order valence-corrected chi connectivity index (χ3v) is 2.01. The van der Waals surface area contributed by atoms with Gasteiger partial charge in [-0.3, -0.25) is 0 Å². The summed E-state index contributed by atoms with van der Waals surface area (Å²) in [6.45, 7) is -1.12. The van der Waals surface area contributed by atoms with E-state index in [0.29, 0.717) is 18.8 Å². The number of hydrogen-bond donors (Lipinski definition) is 1. The van der Waals surface area contributed by atoms with Crippen molar-refractivity contribution in [3.05, 3.63) is 11.8 Å². The molecule has 0 aromatic rings. The number of nitrogens with two attached hydrogens (primary N) is 1. The molecule has 2 N–H and O–H groups in total. The Hall–Kier alpha value is -0.820. The van der Waals surface area contributed by atoms with E-state index < -0.39 is 25.0 Å². The van der Waals surface area contributed by atoms with E-state index in [2.05, 4.69) is 4.74 Å². The molecule has 0 amide bonds. The molecule has 0 saturated heterocycles. The summed E-state index contributed by atoms with van der Waals surface area (Å²) in [5, 5.41) is 0. The van der Waals surface area contributed by atoms with Crippen LogP contribution in [0, 0.1) is 0 Å². The molecule has 0 radical (unpaired) electrons. The van der Waals surface area contributed by atoms with Gasteiger partial charge in [-0.2, -0.15) is 8.78 Å². The number of rotatable bonds is 6.